The molecule has 0 atom stereocenters. The molecule has 1 aliphatic rings. The summed E-state index contributed by atoms with van der Waals surface area (Å²) >= 11 is 0. The lowest BCUT2D eigenvalue weighted by molar-refractivity contribution is -0.121. The van der Waals surface area contributed by atoms with Gasteiger partial charge in [0.15, 0.2) is 0 Å². The molecule has 32 heavy (non-hydrogen) atoms. The lowest BCUT2D eigenvalue weighted by Crippen LogP contribution is -2.40. The molecular weight excluding hydrogens is 398 g/mol. The molecule has 170 valence electrons. The van der Waals surface area contributed by atoms with E-state index in [1.807, 2.05) is 16.8 Å². The van der Waals surface area contributed by atoms with Crippen molar-refractivity contribution in [2.45, 2.75) is 51.6 Å². The van der Waals surface area contributed by atoms with Gasteiger partial charge in [-0.1, -0.05) is 49.1 Å². The highest BCUT2D eigenvalue weighted by molar-refractivity contribution is 5.92. The Labute approximate surface area is 191 Å². The number of nitrogens with one attached hydrogen (secondary N) is 1. The Balaban J connectivity index is 1.43. The molecule has 1 aliphatic carbocycles. The number of fused-ring (bicyclic) bond motifs is 1. The summed E-state index contributed by atoms with van der Waals surface area (Å²) in [6, 6.07) is 15.4. The number of rotatable bonds is 8. The monoisotopic (exact) mass is 433 g/mol. The number of hydrogen-bond acceptors (Lipinski definition) is 3. The van der Waals surface area contributed by atoms with Crippen LogP contribution in [0.1, 0.15) is 37.7 Å². The zero-order valence-electron chi connectivity index (χ0n) is 19.6. The van der Waals surface area contributed by atoms with Crippen molar-refractivity contribution in [1.82, 2.24) is 14.8 Å². The molecular formula is C27H35N3O2. The van der Waals surface area contributed by atoms with Crippen LogP contribution in [0.2, 0.25) is 0 Å². The lowest BCUT2D eigenvalue weighted by atomic mass is 9.94. The fourth-order valence-corrected chi connectivity index (χ4v) is 4.77. The molecule has 2 aromatic carbocycles. The number of likely N-dealkylation sites (N-methyl/N-ethyl adjacent to an activating group) is 1. The summed E-state index contributed by atoms with van der Waals surface area (Å²) in [5.41, 5.74) is 4.47. The largest absolute Gasteiger partial charge is 0.496 e. The topological polar surface area (TPSA) is 46.5 Å². The van der Waals surface area contributed by atoms with Gasteiger partial charge in [-0.25, -0.2) is 0 Å². The summed E-state index contributed by atoms with van der Waals surface area (Å²) in [4.78, 5) is 15.1. The van der Waals surface area contributed by atoms with Gasteiger partial charge in [-0.3, -0.25) is 4.79 Å². The van der Waals surface area contributed by atoms with Crippen LogP contribution in [0.5, 0.6) is 5.75 Å². The van der Waals surface area contributed by atoms with Gasteiger partial charge in [0.05, 0.1) is 12.6 Å². The summed E-state index contributed by atoms with van der Waals surface area (Å²) in [7, 11) is 3.88. The molecule has 0 spiro atoms. The van der Waals surface area contributed by atoms with E-state index in [0.29, 0.717) is 19.1 Å². The summed E-state index contributed by atoms with van der Waals surface area (Å²) in [6.45, 7) is 3.97. The van der Waals surface area contributed by atoms with Crippen LogP contribution in [0.4, 0.5) is 0 Å². The molecule has 1 heterocycles. The molecule has 5 heteroatoms. The maximum absolute atomic E-state index is 12.7. The van der Waals surface area contributed by atoms with Crippen molar-refractivity contribution in [2.75, 3.05) is 27.2 Å². The van der Waals surface area contributed by atoms with E-state index < -0.39 is 0 Å². The van der Waals surface area contributed by atoms with Crippen LogP contribution in [-0.4, -0.2) is 48.7 Å². The van der Waals surface area contributed by atoms with Crippen LogP contribution >= 0.6 is 0 Å². The van der Waals surface area contributed by atoms with E-state index in [1.54, 1.807) is 7.11 Å². The zero-order chi connectivity index (χ0) is 22.5. The Hall–Kier alpha value is -2.79. The molecule has 1 fully saturated rings. The Morgan fingerprint density at radius 2 is 1.84 bits per heavy atom. The van der Waals surface area contributed by atoms with Crippen molar-refractivity contribution in [3.8, 4) is 16.9 Å². The first-order chi connectivity index (χ1) is 15.5. The average molecular weight is 434 g/mol. The fraction of sp³-hybridized carbons (Fsp3) is 0.444. The first-order valence-electron chi connectivity index (χ1n) is 11.8. The number of ether oxygens (including phenoxy) is 1. The van der Waals surface area contributed by atoms with Crippen LogP contribution in [0, 0.1) is 6.92 Å². The van der Waals surface area contributed by atoms with E-state index >= 15 is 0 Å². The van der Waals surface area contributed by atoms with Gasteiger partial charge in [0.1, 0.15) is 12.3 Å². The molecule has 0 unspecified atom stereocenters. The molecule has 0 aliphatic heterocycles. The predicted octanol–water partition coefficient (Wildman–Crippen LogP) is 5.01. The maximum atomic E-state index is 12.7. The van der Waals surface area contributed by atoms with Gasteiger partial charge in [0, 0.05) is 30.7 Å². The number of aromatic nitrogens is 1. The van der Waals surface area contributed by atoms with Crippen molar-refractivity contribution in [3.05, 3.63) is 54.2 Å². The normalized spacial score (nSPS) is 14.8. The van der Waals surface area contributed by atoms with Gasteiger partial charge < -0.3 is 19.5 Å². The van der Waals surface area contributed by atoms with Crippen molar-refractivity contribution in [2.24, 2.45) is 0 Å². The summed E-state index contributed by atoms with van der Waals surface area (Å²) in [5.74, 6) is 0.866. The molecule has 1 amide bonds. The van der Waals surface area contributed by atoms with Gasteiger partial charge in [0.25, 0.3) is 0 Å². The van der Waals surface area contributed by atoms with Crippen molar-refractivity contribution in [1.29, 1.82) is 0 Å². The molecule has 1 saturated carbocycles. The van der Waals surface area contributed by atoms with Gasteiger partial charge in [0.2, 0.25) is 5.91 Å². The van der Waals surface area contributed by atoms with E-state index in [9.17, 15) is 4.79 Å². The highest BCUT2D eigenvalue weighted by Gasteiger charge is 2.18. The van der Waals surface area contributed by atoms with Crippen molar-refractivity contribution < 1.29 is 9.53 Å². The van der Waals surface area contributed by atoms with Gasteiger partial charge in [-0.2, -0.15) is 0 Å². The smallest absolute Gasteiger partial charge is 0.239 e. The van der Waals surface area contributed by atoms with Gasteiger partial charge in [-0.15, -0.1) is 0 Å². The van der Waals surface area contributed by atoms with Crippen molar-refractivity contribution >= 4 is 16.8 Å². The SMILES string of the molecule is COc1cc(-c2ccc(C)cc2)cc2c1ccn2CC(=O)NCCN(C)C1CCCCC1. The van der Waals surface area contributed by atoms with E-state index in [2.05, 4.69) is 60.6 Å². The first kappa shape index (κ1) is 22.4. The molecule has 1 aromatic heterocycles. The average Bonchev–Trinajstić information content (AvgIpc) is 3.22. The van der Waals surface area contributed by atoms with E-state index in [0.717, 1.165) is 34.3 Å². The minimum absolute atomic E-state index is 0.0410. The first-order valence-corrected chi connectivity index (χ1v) is 11.8. The standard InChI is InChI=1S/C27H35N3O2/c1-20-9-11-21(12-10-20)22-17-25-24(26(18-22)32-3)13-15-30(25)19-27(31)28-14-16-29(2)23-7-5-4-6-8-23/h9-13,15,17-18,23H,4-8,14,16,19H2,1-3H3,(H,28,31). The second kappa shape index (κ2) is 10.2. The Morgan fingerprint density at radius 3 is 2.56 bits per heavy atom. The minimum atomic E-state index is 0.0410. The highest BCUT2D eigenvalue weighted by Crippen LogP contribution is 2.33. The van der Waals surface area contributed by atoms with Crippen molar-refractivity contribution in [3.63, 3.8) is 0 Å². The fourth-order valence-electron chi connectivity index (χ4n) is 4.77. The van der Waals surface area contributed by atoms with Crippen LogP contribution in [0.15, 0.2) is 48.7 Å². The molecule has 0 saturated heterocycles. The van der Waals surface area contributed by atoms with Crippen LogP contribution in [-0.2, 0) is 11.3 Å². The lowest BCUT2D eigenvalue weighted by Gasteiger charge is -2.31. The summed E-state index contributed by atoms with van der Waals surface area (Å²) in [6.07, 6.45) is 8.56. The number of benzene rings is 2. The van der Waals surface area contributed by atoms with Crippen LogP contribution in [0.25, 0.3) is 22.0 Å². The third-order valence-corrected chi connectivity index (χ3v) is 6.75. The Kier molecular flexibility index (Phi) is 7.15. The van der Waals surface area contributed by atoms with E-state index in [1.165, 1.54) is 37.7 Å². The van der Waals surface area contributed by atoms with E-state index in [-0.39, 0.29) is 5.91 Å². The second-order valence-corrected chi connectivity index (χ2v) is 9.04. The number of methoxy groups -OCH3 is 1. The molecule has 0 radical (unpaired) electrons. The Bertz CT molecular complexity index is 1050. The number of aryl methyl sites for hydroxylation is 1. The Morgan fingerprint density at radius 1 is 1.09 bits per heavy atom. The maximum Gasteiger partial charge on any atom is 0.239 e. The third kappa shape index (κ3) is 5.16. The van der Waals surface area contributed by atoms with Crippen LogP contribution < -0.4 is 10.1 Å². The number of nitrogens with zero attached hydrogens (tertiary/aromatic N) is 2. The zero-order valence-corrected chi connectivity index (χ0v) is 19.6. The third-order valence-electron chi connectivity index (χ3n) is 6.75. The number of carbonyl (C=O) groups excluding carboxylic acids is 1. The molecule has 4 rings (SSSR count). The van der Waals surface area contributed by atoms with Gasteiger partial charge in [-0.05, 0) is 56.1 Å². The summed E-state index contributed by atoms with van der Waals surface area (Å²) < 4.78 is 7.67. The van der Waals surface area contributed by atoms with Gasteiger partial charge >= 0.3 is 0 Å². The minimum Gasteiger partial charge on any atom is -0.496 e. The predicted molar refractivity (Wildman–Crippen MR) is 131 cm³/mol. The molecule has 5 nitrogen and oxygen atoms in total. The quantitative estimate of drug-likeness (QED) is 0.543. The molecule has 1 N–H and O–H groups in total. The van der Waals surface area contributed by atoms with E-state index in [4.69, 9.17) is 4.74 Å². The number of carbonyl (C=O) groups is 1. The molecule has 0 bridgehead atoms. The second-order valence-electron chi connectivity index (χ2n) is 9.04. The number of hydrogen-bond donors (Lipinski definition) is 1. The molecule has 3 aromatic rings. The van der Waals surface area contributed by atoms with Crippen LogP contribution in [0.3, 0.4) is 0 Å². The number of amides is 1. The summed E-state index contributed by atoms with van der Waals surface area (Å²) in [5, 5.41) is 4.13. The highest BCUT2D eigenvalue weighted by atomic mass is 16.5.